The van der Waals surface area contributed by atoms with Crippen molar-refractivity contribution in [3.05, 3.63) is 119 Å². The summed E-state index contributed by atoms with van der Waals surface area (Å²) in [6.07, 6.45) is 4.85. The zero-order valence-corrected chi connectivity index (χ0v) is 36.3. The molecule has 62 heavy (non-hydrogen) atoms. The molecule has 2 aromatic heterocycles. The van der Waals surface area contributed by atoms with Crippen molar-refractivity contribution < 1.29 is 47.0 Å². The van der Waals surface area contributed by atoms with Gasteiger partial charge in [0.05, 0.1) is 49.8 Å². The second-order valence-electron chi connectivity index (χ2n) is 15.6. The van der Waals surface area contributed by atoms with Crippen molar-refractivity contribution in [3.63, 3.8) is 0 Å². The molecule has 1 N–H and O–H groups in total. The van der Waals surface area contributed by atoms with Crippen LogP contribution in [-0.2, 0) is 36.9 Å². The number of carbonyl (C=O) groups is 5. The van der Waals surface area contributed by atoms with Crippen LogP contribution in [0.3, 0.4) is 0 Å². The average Bonchev–Trinajstić information content (AvgIpc) is 3.26. The molecule has 2 aromatic carbocycles. The zero-order chi connectivity index (χ0) is 44.1. The summed E-state index contributed by atoms with van der Waals surface area (Å²) in [5, 5.41) is 3.24. The van der Waals surface area contributed by atoms with Gasteiger partial charge in [-0.2, -0.15) is 0 Å². The molecule has 14 nitrogen and oxygen atoms in total. The number of piperidine rings is 2. The predicted molar refractivity (Wildman–Crippen MR) is 230 cm³/mol. The second kappa shape index (κ2) is 22.7. The van der Waals surface area contributed by atoms with E-state index in [1.54, 1.807) is 58.3 Å². The van der Waals surface area contributed by atoms with E-state index >= 15 is 0 Å². The topological polar surface area (TPSA) is 161 Å². The number of ether oxygens (including phenoxy) is 3. The van der Waals surface area contributed by atoms with Gasteiger partial charge in [-0.05, 0) is 120 Å². The van der Waals surface area contributed by atoms with Crippen molar-refractivity contribution in [2.75, 3.05) is 50.2 Å². The molecular weight excluding hydrogens is 826 g/mol. The van der Waals surface area contributed by atoms with Crippen LogP contribution in [0.1, 0.15) is 78.6 Å². The lowest BCUT2D eigenvalue weighted by atomic mass is 9.95. The normalized spacial score (nSPS) is 14.3. The van der Waals surface area contributed by atoms with Crippen LogP contribution >= 0.6 is 12.4 Å². The Bertz CT molecular complexity index is 2140. The Morgan fingerprint density at radius 2 is 1.13 bits per heavy atom. The SMILES string of the molecule is COC(=O)c1ccc(CN(C(=O)C2CCN(C(=O)OC(C)(C)C)CC2)c2cccc(F)c2)nc1.COC(=O)c1ccc(CN(C(=O)C2CCNCC2)c2cccc(F)c2)nc1.Cl. The minimum absolute atomic E-state index is 0. The number of amides is 3. The van der Waals surface area contributed by atoms with Gasteiger partial charge in [0, 0.05) is 48.7 Å². The van der Waals surface area contributed by atoms with Gasteiger partial charge in [0.15, 0.2) is 0 Å². The van der Waals surface area contributed by atoms with Gasteiger partial charge in [-0.15, -0.1) is 12.4 Å². The molecule has 4 aromatic rings. The maximum Gasteiger partial charge on any atom is 0.410 e. The van der Waals surface area contributed by atoms with Crippen LogP contribution in [0, 0.1) is 23.5 Å². The van der Waals surface area contributed by atoms with E-state index in [0.717, 1.165) is 25.9 Å². The van der Waals surface area contributed by atoms with Crippen molar-refractivity contribution >= 4 is 53.6 Å². The van der Waals surface area contributed by atoms with Gasteiger partial charge in [0.1, 0.15) is 17.2 Å². The quantitative estimate of drug-likeness (QED) is 0.127. The van der Waals surface area contributed by atoms with Crippen LogP contribution in [-0.4, -0.2) is 90.7 Å². The highest BCUT2D eigenvalue weighted by molar-refractivity contribution is 5.96. The fraction of sp³-hybridized carbons (Fsp3) is 0.400. The molecule has 0 atom stereocenters. The number of hydrogen-bond donors (Lipinski definition) is 1. The number of methoxy groups -OCH3 is 2. The minimum atomic E-state index is -0.589. The number of nitrogens with one attached hydrogen (secondary N) is 1. The van der Waals surface area contributed by atoms with Gasteiger partial charge in [0.2, 0.25) is 11.8 Å². The van der Waals surface area contributed by atoms with Crippen molar-refractivity contribution in [2.24, 2.45) is 11.8 Å². The number of halogens is 3. The van der Waals surface area contributed by atoms with Crippen molar-refractivity contribution in [1.82, 2.24) is 20.2 Å². The summed E-state index contributed by atoms with van der Waals surface area (Å²) in [7, 11) is 2.59. The third kappa shape index (κ3) is 13.8. The molecular formula is C45H53ClF2N6O8. The largest absolute Gasteiger partial charge is 0.465 e. The van der Waals surface area contributed by atoms with Crippen LogP contribution in [0.15, 0.2) is 85.2 Å². The fourth-order valence-corrected chi connectivity index (χ4v) is 6.86. The summed E-state index contributed by atoms with van der Waals surface area (Å²) >= 11 is 0. The summed E-state index contributed by atoms with van der Waals surface area (Å²) in [6.45, 7) is 8.11. The first kappa shape index (κ1) is 48.7. The van der Waals surface area contributed by atoms with E-state index in [1.165, 1.54) is 55.8 Å². The number of carbonyl (C=O) groups excluding carboxylic acids is 5. The van der Waals surface area contributed by atoms with Gasteiger partial charge in [-0.3, -0.25) is 19.6 Å². The third-order valence-electron chi connectivity index (χ3n) is 10.1. The summed E-state index contributed by atoms with van der Waals surface area (Å²) in [4.78, 5) is 75.4. The summed E-state index contributed by atoms with van der Waals surface area (Å²) < 4.78 is 42.5. The highest BCUT2D eigenvalue weighted by Gasteiger charge is 2.33. The summed E-state index contributed by atoms with van der Waals surface area (Å²) in [5.41, 5.74) is 2.10. The highest BCUT2D eigenvalue weighted by Crippen LogP contribution is 2.27. The molecule has 17 heteroatoms. The van der Waals surface area contributed by atoms with Gasteiger partial charge >= 0.3 is 18.0 Å². The second-order valence-corrected chi connectivity index (χ2v) is 15.6. The lowest BCUT2D eigenvalue weighted by Crippen LogP contribution is -2.45. The Kier molecular flexibility index (Phi) is 17.8. The number of esters is 2. The number of aromatic nitrogens is 2. The Hall–Kier alpha value is -6.00. The molecule has 0 aliphatic carbocycles. The first-order chi connectivity index (χ1) is 29.1. The average molecular weight is 879 g/mol. The van der Waals surface area contributed by atoms with Crippen LogP contribution < -0.4 is 15.1 Å². The minimum Gasteiger partial charge on any atom is -0.465 e. The molecule has 2 aliphatic rings. The Labute approximate surface area is 366 Å². The molecule has 6 rings (SSSR count). The number of hydrogen-bond acceptors (Lipinski definition) is 11. The zero-order valence-electron chi connectivity index (χ0n) is 35.5. The molecule has 0 bridgehead atoms. The maximum atomic E-state index is 14.0. The van der Waals surface area contributed by atoms with E-state index in [1.807, 2.05) is 20.8 Å². The van der Waals surface area contributed by atoms with E-state index in [9.17, 15) is 32.8 Å². The third-order valence-corrected chi connectivity index (χ3v) is 10.1. The monoisotopic (exact) mass is 878 g/mol. The number of likely N-dealkylation sites (tertiary alicyclic amines) is 1. The van der Waals surface area contributed by atoms with E-state index in [4.69, 9.17) is 4.74 Å². The number of anilines is 2. The molecule has 0 radical (unpaired) electrons. The van der Waals surface area contributed by atoms with Crippen LogP contribution in [0.4, 0.5) is 25.0 Å². The number of rotatable bonds is 10. The molecule has 0 saturated carbocycles. The first-order valence-corrected chi connectivity index (χ1v) is 20.0. The van der Waals surface area contributed by atoms with Crippen molar-refractivity contribution in [3.8, 4) is 0 Å². The van der Waals surface area contributed by atoms with Gasteiger partial charge in [-0.1, -0.05) is 12.1 Å². The molecule has 2 saturated heterocycles. The predicted octanol–water partition coefficient (Wildman–Crippen LogP) is 7.15. The maximum absolute atomic E-state index is 14.0. The molecule has 2 fully saturated rings. The molecule has 4 heterocycles. The Morgan fingerprint density at radius 3 is 1.50 bits per heavy atom. The molecule has 332 valence electrons. The number of benzene rings is 2. The van der Waals surface area contributed by atoms with Crippen LogP contribution in [0.2, 0.25) is 0 Å². The lowest BCUT2D eigenvalue weighted by Gasteiger charge is -2.35. The Balaban J connectivity index is 0.000000275. The standard InChI is InChI=1S/C25H30FN3O5.C20H22FN3O3.ClH/c1-25(2,3)34-24(32)28-12-10-17(11-13-28)22(30)29(21-7-5-6-19(26)14-21)16-20-9-8-18(15-27-20)23(31)33-4;1-27-20(26)15-5-6-17(23-12-15)13-24(18-4-2-3-16(21)11-18)19(25)14-7-9-22-10-8-14;/h5-9,14-15,17H,10-13,16H2,1-4H3;2-6,11-12,14,22H,7-10,13H2,1H3;1H. The van der Waals surface area contributed by atoms with Crippen LogP contribution in [0.5, 0.6) is 0 Å². The summed E-state index contributed by atoms with van der Waals surface area (Å²) in [5.74, 6) is -2.49. The summed E-state index contributed by atoms with van der Waals surface area (Å²) in [6, 6.07) is 18.3. The van der Waals surface area contributed by atoms with E-state index in [2.05, 4.69) is 24.8 Å². The van der Waals surface area contributed by atoms with Crippen molar-refractivity contribution in [1.29, 1.82) is 0 Å². The lowest BCUT2D eigenvalue weighted by molar-refractivity contribution is -0.124. The van der Waals surface area contributed by atoms with Crippen LogP contribution in [0.25, 0.3) is 0 Å². The smallest absolute Gasteiger partial charge is 0.410 e. The number of pyridine rings is 2. The number of nitrogens with zero attached hydrogens (tertiary/aromatic N) is 5. The van der Waals surface area contributed by atoms with E-state index in [-0.39, 0.29) is 49.1 Å². The van der Waals surface area contributed by atoms with Gasteiger partial charge in [0.25, 0.3) is 0 Å². The molecule has 0 spiro atoms. The molecule has 3 amide bonds. The van der Waals surface area contributed by atoms with Crippen molar-refractivity contribution in [2.45, 2.75) is 65.1 Å². The van der Waals surface area contributed by atoms with Gasteiger partial charge < -0.3 is 34.2 Å². The van der Waals surface area contributed by atoms with E-state index < -0.39 is 35.3 Å². The Morgan fingerprint density at radius 1 is 0.694 bits per heavy atom. The molecule has 2 aliphatic heterocycles. The fourth-order valence-electron chi connectivity index (χ4n) is 6.86. The highest BCUT2D eigenvalue weighted by atomic mass is 35.5. The van der Waals surface area contributed by atoms with E-state index in [0.29, 0.717) is 59.8 Å². The molecule has 0 unspecified atom stereocenters. The first-order valence-electron chi connectivity index (χ1n) is 20.0. The van der Waals surface area contributed by atoms with Gasteiger partial charge in [-0.25, -0.2) is 23.2 Å².